The van der Waals surface area contributed by atoms with Crippen LogP contribution in [-0.4, -0.2) is 7.28 Å². The van der Waals surface area contributed by atoms with E-state index in [4.69, 9.17) is 13.2 Å². The summed E-state index contributed by atoms with van der Waals surface area (Å²) < 4.78 is 0. The number of rotatable bonds is 15. The molecule has 0 aromatic heterocycles. The Kier molecular flexibility index (Phi) is 13.4. The van der Waals surface area contributed by atoms with E-state index < -0.39 is 0 Å². The number of benzene rings is 3. The van der Waals surface area contributed by atoms with E-state index in [9.17, 15) is 0 Å². The predicted molar refractivity (Wildman–Crippen MR) is 225 cm³/mol. The van der Waals surface area contributed by atoms with Crippen LogP contribution >= 0.6 is 0 Å². The van der Waals surface area contributed by atoms with E-state index in [0.717, 1.165) is 12.8 Å². The first kappa shape index (κ1) is 40.4. The van der Waals surface area contributed by atoms with Crippen LogP contribution in [0.2, 0.25) is 6.82 Å². The highest BCUT2D eigenvalue weighted by Gasteiger charge is 2.43. The van der Waals surface area contributed by atoms with Gasteiger partial charge in [-0.3, -0.25) is 0 Å². The Morgan fingerprint density at radius 3 is 1.84 bits per heavy atom. The molecule has 0 saturated heterocycles. The lowest BCUT2D eigenvalue weighted by Gasteiger charge is -2.48. The van der Waals surface area contributed by atoms with Crippen molar-refractivity contribution < 1.29 is 0 Å². The van der Waals surface area contributed by atoms with Crippen LogP contribution in [0.15, 0.2) is 44.0 Å². The molecule has 4 atom stereocenters. The fourth-order valence-corrected chi connectivity index (χ4v) is 8.75. The van der Waals surface area contributed by atoms with Gasteiger partial charge in [-0.2, -0.15) is 0 Å². The van der Waals surface area contributed by atoms with Crippen LogP contribution in [0, 0.1) is 84.5 Å². The molecule has 0 aliphatic rings. The molecular weight excluding hydrogens is 587 g/mol. The third-order valence-electron chi connectivity index (χ3n) is 12.9. The van der Waals surface area contributed by atoms with Crippen molar-refractivity contribution in [2.24, 2.45) is 29.1 Å². The van der Waals surface area contributed by atoms with Gasteiger partial charge >= 0.3 is 0 Å². The maximum absolute atomic E-state index is 5.00. The summed E-state index contributed by atoms with van der Waals surface area (Å²) >= 11 is 0. The first-order valence-electron chi connectivity index (χ1n) is 19.0. The zero-order valence-electron chi connectivity index (χ0n) is 34.2. The highest BCUT2D eigenvalue weighted by atomic mass is 14.5. The zero-order valence-corrected chi connectivity index (χ0v) is 34.2. The largest absolute Gasteiger partial charge is 0.148 e. The second-order valence-corrected chi connectivity index (χ2v) is 16.3. The van der Waals surface area contributed by atoms with E-state index in [1.54, 1.807) is 0 Å². The van der Waals surface area contributed by atoms with Crippen LogP contribution in [-0.2, 0) is 0 Å². The molecule has 0 N–H and O–H groups in total. The van der Waals surface area contributed by atoms with Crippen LogP contribution in [0.5, 0.6) is 0 Å². The highest BCUT2D eigenvalue weighted by Crippen LogP contribution is 2.53. The number of hydrogen-bond donors (Lipinski definition) is 0. The molecule has 0 nitrogen and oxygen atoms in total. The average Bonchev–Trinajstić information content (AvgIpc) is 3.04. The Morgan fingerprint density at radius 1 is 0.755 bits per heavy atom. The summed E-state index contributed by atoms with van der Waals surface area (Å²) in [5, 5.41) is 0. The number of aryl methyl sites for hydroxylation is 4. The molecule has 263 valence electrons. The van der Waals surface area contributed by atoms with Gasteiger partial charge < -0.3 is 0 Å². The molecular formula is C48H68B. The van der Waals surface area contributed by atoms with E-state index in [-0.39, 0.29) is 5.41 Å². The maximum atomic E-state index is 5.00. The lowest BCUT2D eigenvalue weighted by Crippen LogP contribution is -2.39. The van der Waals surface area contributed by atoms with E-state index in [1.165, 1.54) is 102 Å². The Balaban J connectivity index is 2.29. The fraction of sp³-hybridized carbons (Fsp3) is 0.500. The molecule has 0 saturated carbocycles. The topological polar surface area (TPSA) is 0 Å². The molecule has 0 aliphatic carbocycles. The molecule has 49 heavy (non-hydrogen) atoms. The molecule has 3 aromatic rings. The Hall–Kier alpha value is -3.06. The predicted octanol–water partition coefficient (Wildman–Crippen LogP) is 13.7. The molecule has 3 aromatic carbocycles. The monoisotopic (exact) mass is 656 g/mol. The highest BCUT2D eigenvalue weighted by molar-refractivity contribution is 6.53. The smallest absolute Gasteiger partial charge is 0.0984 e. The van der Waals surface area contributed by atoms with Crippen molar-refractivity contribution in [1.82, 2.24) is 0 Å². The molecule has 0 aliphatic heterocycles. The van der Waals surface area contributed by atoms with E-state index >= 15 is 0 Å². The van der Waals surface area contributed by atoms with Gasteiger partial charge in [0.15, 0.2) is 0 Å². The van der Waals surface area contributed by atoms with Gasteiger partial charge in [0.05, 0.1) is 0 Å². The number of allylic oxidation sites excluding steroid dienone is 2. The minimum Gasteiger partial charge on any atom is -0.0984 e. The lowest BCUT2D eigenvalue weighted by molar-refractivity contribution is 0.0481. The maximum Gasteiger partial charge on any atom is 0.148 e. The van der Waals surface area contributed by atoms with E-state index in [1.807, 2.05) is 6.08 Å². The van der Waals surface area contributed by atoms with Gasteiger partial charge in [0.25, 0.3) is 0 Å². The van der Waals surface area contributed by atoms with Crippen molar-refractivity contribution in [2.75, 3.05) is 0 Å². The van der Waals surface area contributed by atoms with Crippen LogP contribution in [0.1, 0.15) is 128 Å². The molecule has 1 heteroatoms. The lowest BCUT2D eigenvalue weighted by atomic mass is 9.57. The minimum atomic E-state index is 0.0183. The summed E-state index contributed by atoms with van der Waals surface area (Å²) in [5.74, 6) is 2.06. The third kappa shape index (κ3) is 8.13. The van der Waals surface area contributed by atoms with Crippen molar-refractivity contribution in [3.63, 3.8) is 0 Å². The van der Waals surface area contributed by atoms with Crippen LogP contribution < -0.4 is 5.46 Å². The van der Waals surface area contributed by atoms with Gasteiger partial charge in [-0.1, -0.05) is 122 Å². The molecule has 4 unspecified atom stereocenters. The van der Waals surface area contributed by atoms with Gasteiger partial charge in [-0.05, 0) is 175 Å². The number of hydrogen-bond acceptors (Lipinski definition) is 0. The average molecular weight is 656 g/mol. The Labute approximate surface area is 303 Å². The first-order chi connectivity index (χ1) is 22.9. The van der Waals surface area contributed by atoms with E-state index in [0.29, 0.717) is 23.7 Å². The third-order valence-corrected chi connectivity index (χ3v) is 12.9. The standard InChI is InChI=1S/C48H68B/c1-19-21-35(11)48(17,44(36(12)28(3)4)26-32(8)42-22-29(5)37(13)30(6)23-42)27-34(10)43-25-31(7)38(14)39(15)46(43)45-40(16)47(49-18)33(9)24-41(45)20-2/h20,22-25,28,35-36,44H,2,8,10,19,21,26-27H2,1,3-7,9,11-18H3. The second-order valence-electron chi connectivity index (χ2n) is 16.3. The zero-order chi connectivity index (χ0) is 37.1. The molecule has 0 amide bonds. The van der Waals surface area contributed by atoms with Gasteiger partial charge in [-0.25, -0.2) is 0 Å². The van der Waals surface area contributed by atoms with Crippen molar-refractivity contribution in [3.05, 3.63) is 105 Å². The van der Waals surface area contributed by atoms with Gasteiger partial charge in [0, 0.05) is 0 Å². The second kappa shape index (κ2) is 16.3. The van der Waals surface area contributed by atoms with Crippen molar-refractivity contribution in [1.29, 1.82) is 0 Å². The summed E-state index contributed by atoms with van der Waals surface area (Å²) in [7, 11) is 2.26. The molecule has 0 spiro atoms. The molecule has 0 fully saturated rings. The summed E-state index contributed by atoms with van der Waals surface area (Å²) in [4.78, 5) is 0. The van der Waals surface area contributed by atoms with Crippen LogP contribution in [0.3, 0.4) is 0 Å². The van der Waals surface area contributed by atoms with Crippen molar-refractivity contribution in [3.8, 4) is 11.1 Å². The SMILES string of the molecule is C=Cc1cc(C)c([B]C)c(C)c1-c1c(C(=C)CC(C)(C(C)CCC)C(CC(=C)c2cc(C)c(C)c(C)c2)C(C)C(C)C)cc(C)c(C)c1C. The summed E-state index contributed by atoms with van der Waals surface area (Å²) in [5.41, 5.74) is 21.0. The van der Waals surface area contributed by atoms with Crippen LogP contribution in [0.4, 0.5) is 0 Å². The molecule has 0 bridgehead atoms. The molecule has 0 heterocycles. The molecule has 3 rings (SSSR count). The fourth-order valence-electron chi connectivity index (χ4n) is 8.75. The summed E-state index contributed by atoms with van der Waals surface area (Å²) in [6, 6.07) is 9.48. The van der Waals surface area contributed by atoms with Crippen molar-refractivity contribution in [2.45, 2.75) is 129 Å². The summed E-state index contributed by atoms with van der Waals surface area (Å²) in [6.45, 7) is 49.0. The minimum absolute atomic E-state index is 0.0183. The van der Waals surface area contributed by atoms with E-state index in [2.05, 4.69) is 142 Å². The van der Waals surface area contributed by atoms with Crippen molar-refractivity contribution >= 4 is 30.0 Å². The Morgan fingerprint density at radius 2 is 1.33 bits per heavy atom. The van der Waals surface area contributed by atoms with Crippen LogP contribution in [0.25, 0.3) is 28.3 Å². The van der Waals surface area contributed by atoms with Gasteiger partial charge in [0.1, 0.15) is 7.28 Å². The molecule has 1 radical (unpaired) electrons. The quantitative estimate of drug-likeness (QED) is 0.143. The van der Waals surface area contributed by atoms with Gasteiger partial charge in [-0.15, -0.1) is 0 Å². The van der Waals surface area contributed by atoms with Gasteiger partial charge in [0.2, 0.25) is 0 Å². The normalized spacial score (nSPS) is 14.7. The first-order valence-corrected chi connectivity index (χ1v) is 19.0. The Bertz CT molecular complexity index is 1690. The summed E-state index contributed by atoms with van der Waals surface area (Å²) in [6.07, 6.45) is 6.37.